The average molecular weight is 249 g/mol. The molecule has 2 heteroatoms. The molecule has 0 amide bonds. The molecule has 0 heterocycles. The van der Waals surface area contributed by atoms with Gasteiger partial charge in [-0.05, 0) is 37.4 Å². The van der Waals surface area contributed by atoms with Crippen molar-refractivity contribution in [2.45, 2.75) is 46.1 Å². The van der Waals surface area contributed by atoms with Crippen LogP contribution in [-0.2, 0) is 6.42 Å². The highest BCUT2D eigenvalue weighted by Gasteiger charge is 2.09. The molecule has 0 aromatic heterocycles. The minimum atomic E-state index is 0.488. The van der Waals surface area contributed by atoms with Crippen molar-refractivity contribution in [2.24, 2.45) is 5.92 Å². The number of nitrogens with one attached hydrogen (secondary N) is 1. The first-order valence-electron chi connectivity index (χ1n) is 7.06. The molecule has 0 fully saturated rings. The lowest BCUT2D eigenvalue weighted by molar-refractivity contribution is 0.396. The summed E-state index contributed by atoms with van der Waals surface area (Å²) in [5, 5.41) is 3.63. The monoisotopic (exact) mass is 249 g/mol. The Morgan fingerprint density at radius 3 is 2.44 bits per heavy atom. The van der Waals surface area contributed by atoms with E-state index < -0.39 is 0 Å². The van der Waals surface area contributed by atoms with Crippen LogP contribution in [0.1, 0.15) is 39.2 Å². The fraction of sp³-hybridized carbons (Fsp3) is 0.625. The van der Waals surface area contributed by atoms with Crippen molar-refractivity contribution in [3.05, 3.63) is 29.8 Å². The molecule has 0 aliphatic rings. The molecule has 1 unspecified atom stereocenters. The SMILES string of the molecule is CCC(CC)CNC(C)Cc1ccccc1OC. The van der Waals surface area contributed by atoms with Gasteiger partial charge < -0.3 is 10.1 Å². The van der Waals surface area contributed by atoms with Gasteiger partial charge in [-0.3, -0.25) is 0 Å². The largest absolute Gasteiger partial charge is 0.496 e. The number of benzene rings is 1. The summed E-state index contributed by atoms with van der Waals surface area (Å²) < 4.78 is 5.39. The number of rotatable bonds is 8. The van der Waals surface area contributed by atoms with Crippen LogP contribution in [0.5, 0.6) is 5.75 Å². The van der Waals surface area contributed by atoms with Crippen LogP contribution in [-0.4, -0.2) is 19.7 Å². The topological polar surface area (TPSA) is 21.3 Å². The van der Waals surface area contributed by atoms with E-state index in [1.165, 1.54) is 18.4 Å². The molecule has 1 N–H and O–H groups in total. The van der Waals surface area contributed by atoms with E-state index in [9.17, 15) is 0 Å². The maximum atomic E-state index is 5.39. The van der Waals surface area contributed by atoms with E-state index in [0.717, 1.165) is 24.6 Å². The molecule has 0 saturated carbocycles. The Hall–Kier alpha value is -1.02. The van der Waals surface area contributed by atoms with Crippen LogP contribution >= 0.6 is 0 Å². The molecule has 2 nitrogen and oxygen atoms in total. The lowest BCUT2D eigenvalue weighted by Gasteiger charge is -2.19. The molecule has 0 bridgehead atoms. The lowest BCUT2D eigenvalue weighted by atomic mass is 10.0. The van der Waals surface area contributed by atoms with E-state index in [-0.39, 0.29) is 0 Å². The molecule has 102 valence electrons. The zero-order valence-electron chi connectivity index (χ0n) is 12.2. The van der Waals surface area contributed by atoms with Crippen molar-refractivity contribution >= 4 is 0 Å². The maximum absolute atomic E-state index is 5.39. The summed E-state index contributed by atoms with van der Waals surface area (Å²) in [6.45, 7) is 7.89. The smallest absolute Gasteiger partial charge is 0.122 e. The first-order chi connectivity index (χ1) is 8.71. The van der Waals surface area contributed by atoms with Crippen molar-refractivity contribution in [1.29, 1.82) is 0 Å². The molecule has 1 aromatic carbocycles. The summed E-state index contributed by atoms with van der Waals surface area (Å²) in [4.78, 5) is 0. The van der Waals surface area contributed by atoms with Crippen LogP contribution in [0.2, 0.25) is 0 Å². The van der Waals surface area contributed by atoms with E-state index >= 15 is 0 Å². The van der Waals surface area contributed by atoms with Crippen molar-refractivity contribution in [3.63, 3.8) is 0 Å². The molecule has 18 heavy (non-hydrogen) atoms. The third-order valence-electron chi connectivity index (χ3n) is 3.63. The van der Waals surface area contributed by atoms with Gasteiger partial charge in [-0.15, -0.1) is 0 Å². The van der Waals surface area contributed by atoms with E-state index in [1.54, 1.807) is 7.11 Å². The molecule has 0 saturated heterocycles. The van der Waals surface area contributed by atoms with Crippen molar-refractivity contribution in [3.8, 4) is 5.75 Å². The van der Waals surface area contributed by atoms with Crippen LogP contribution in [0.15, 0.2) is 24.3 Å². The van der Waals surface area contributed by atoms with Gasteiger partial charge in [0.2, 0.25) is 0 Å². The third-order valence-corrected chi connectivity index (χ3v) is 3.63. The molecule has 0 aliphatic carbocycles. The lowest BCUT2D eigenvalue weighted by Crippen LogP contribution is -2.32. The predicted octanol–water partition coefficient (Wildman–Crippen LogP) is 3.65. The van der Waals surface area contributed by atoms with Crippen LogP contribution < -0.4 is 10.1 Å². The zero-order valence-corrected chi connectivity index (χ0v) is 12.2. The Balaban J connectivity index is 2.46. The van der Waals surface area contributed by atoms with Crippen molar-refractivity contribution in [1.82, 2.24) is 5.32 Å². The van der Waals surface area contributed by atoms with Gasteiger partial charge in [0.25, 0.3) is 0 Å². The first-order valence-corrected chi connectivity index (χ1v) is 7.06. The quantitative estimate of drug-likeness (QED) is 0.759. The minimum Gasteiger partial charge on any atom is -0.496 e. The molecule has 1 aromatic rings. The van der Waals surface area contributed by atoms with Crippen LogP contribution in [0.25, 0.3) is 0 Å². The van der Waals surface area contributed by atoms with Gasteiger partial charge in [0.15, 0.2) is 0 Å². The van der Waals surface area contributed by atoms with Crippen LogP contribution in [0.4, 0.5) is 0 Å². The zero-order chi connectivity index (χ0) is 13.4. The summed E-state index contributed by atoms with van der Waals surface area (Å²) in [5.41, 5.74) is 1.28. The van der Waals surface area contributed by atoms with Crippen molar-refractivity contribution in [2.75, 3.05) is 13.7 Å². The van der Waals surface area contributed by atoms with Gasteiger partial charge in [-0.1, -0.05) is 44.9 Å². The minimum absolute atomic E-state index is 0.488. The Morgan fingerprint density at radius 1 is 1.17 bits per heavy atom. The molecule has 0 spiro atoms. The second kappa shape index (κ2) is 8.15. The summed E-state index contributed by atoms with van der Waals surface area (Å²) in [5.74, 6) is 1.79. The molecular formula is C16H27NO. The van der Waals surface area contributed by atoms with Gasteiger partial charge in [0, 0.05) is 6.04 Å². The van der Waals surface area contributed by atoms with Gasteiger partial charge >= 0.3 is 0 Å². The second-order valence-electron chi connectivity index (χ2n) is 5.01. The fourth-order valence-electron chi connectivity index (χ4n) is 2.22. The molecule has 1 atom stereocenters. The van der Waals surface area contributed by atoms with Gasteiger partial charge in [0.05, 0.1) is 7.11 Å². The Morgan fingerprint density at radius 2 is 1.83 bits per heavy atom. The summed E-state index contributed by atoms with van der Waals surface area (Å²) in [6.07, 6.45) is 3.53. The summed E-state index contributed by atoms with van der Waals surface area (Å²) >= 11 is 0. The van der Waals surface area contributed by atoms with Crippen molar-refractivity contribution < 1.29 is 4.74 Å². The summed E-state index contributed by atoms with van der Waals surface area (Å²) in [6, 6.07) is 8.76. The van der Waals surface area contributed by atoms with Gasteiger partial charge in [-0.2, -0.15) is 0 Å². The predicted molar refractivity (Wildman–Crippen MR) is 78.2 cm³/mol. The van der Waals surface area contributed by atoms with Crippen LogP contribution in [0, 0.1) is 5.92 Å². The Kier molecular flexibility index (Phi) is 6.81. The maximum Gasteiger partial charge on any atom is 0.122 e. The highest BCUT2D eigenvalue weighted by atomic mass is 16.5. The van der Waals surface area contributed by atoms with Crippen LogP contribution in [0.3, 0.4) is 0 Å². The molecule has 1 rings (SSSR count). The Bertz CT molecular complexity index is 334. The fourth-order valence-corrected chi connectivity index (χ4v) is 2.22. The molecule has 0 aliphatic heterocycles. The normalized spacial score (nSPS) is 12.7. The third kappa shape index (κ3) is 4.69. The van der Waals surface area contributed by atoms with E-state index in [4.69, 9.17) is 4.74 Å². The number of hydrogen-bond donors (Lipinski definition) is 1. The molecule has 0 radical (unpaired) electrons. The first kappa shape index (κ1) is 15.0. The number of methoxy groups -OCH3 is 1. The highest BCUT2D eigenvalue weighted by Crippen LogP contribution is 2.19. The number of hydrogen-bond acceptors (Lipinski definition) is 2. The average Bonchev–Trinajstić information content (AvgIpc) is 2.40. The highest BCUT2D eigenvalue weighted by molar-refractivity contribution is 5.33. The van der Waals surface area contributed by atoms with E-state index in [2.05, 4.69) is 38.2 Å². The number of ether oxygens (including phenoxy) is 1. The summed E-state index contributed by atoms with van der Waals surface area (Å²) in [7, 11) is 1.74. The van der Waals surface area contributed by atoms with E-state index in [1.807, 2.05) is 12.1 Å². The standard InChI is InChI=1S/C16H27NO/c1-5-14(6-2)12-17-13(3)11-15-9-7-8-10-16(15)18-4/h7-10,13-14,17H,5-6,11-12H2,1-4H3. The van der Waals surface area contributed by atoms with E-state index in [0.29, 0.717) is 6.04 Å². The number of para-hydroxylation sites is 1. The Labute approximate surface area is 112 Å². The van der Waals surface area contributed by atoms with Gasteiger partial charge in [-0.25, -0.2) is 0 Å². The molecular weight excluding hydrogens is 222 g/mol. The van der Waals surface area contributed by atoms with Gasteiger partial charge in [0.1, 0.15) is 5.75 Å². The second-order valence-corrected chi connectivity index (χ2v) is 5.01.